The number of hydrogen-bond donors (Lipinski definition) is 2. The molecule has 0 aromatic carbocycles. The molecule has 2 rings (SSSR count). The Labute approximate surface area is 97.2 Å². The lowest BCUT2D eigenvalue weighted by atomic mass is 9.91. The third kappa shape index (κ3) is 3.06. The van der Waals surface area contributed by atoms with Gasteiger partial charge in [-0.05, 0) is 19.3 Å². The van der Waals surface area contributed by atoms with Gasteiger partial charge in [-0.1, -0.05) is 6.42 Å². The van der Waals surface area contributed by atoms with E-state index in [0.717, 1.165) is 25.2 Å². The predicted molar refractivity (Wildman–Crippen MR) is 65.1 cm³/mol. The van der Waals surface area contributed by atoms with Gasteiger partial charge in [-0.3, -0.25) is 0 Å². The maximum absolute atomic E-state index is 5.96. The highest BCUT2D eigenvalue weighted by molar-refractivity contribution is 4.92. The monoisotopic (exact) mass is 222 g/mol. The largest absolute Gasteiger partial charge is 0.338 e. The SMILES string of the molecule is Cn1ccnc1CCNC1CCCC(N)C1. The number of rotatable bonds is 4. The van der Waals surface area contributed by atoms with Crippen LogP contribution in [0.4, 0.5) is 0 Å². The second-order valence-electron chi connectivity index (χ2n) is 4.78. The molecule has 2 atom stereocenters. The van der Waals surface area contributed by atoms with Crippen LogP contribution in [0.5, 0.6) is 0 Å². The molecule has 1 fully saturated rings. The van der Waals surface area contributed by atoms with Crippen molar-refractivity contribution in [2.75, 3.05) is 6.54 Å². The van der Waals surface area contributed by atoms with Crippen LogP contribution in [0.3, 0.4) is 0 Å². The average Bonchev–Trinajstić information content (AvgIpc) is 2.65. The van der Waals surface area contributed by atoms with Crippen LogP contribution < -0.4 is 11.1 Å². The number of nitrogens with two attached hydrogens (primary N) is 1. The van der Waals surface area contributed by atoms with Gasteiger partial charge in [-0.25, -0.2) is 4.98 Å². The molecule has 4 heteroatoms. The lowest BCUT2D eigenvalue weighted by Gasteiger charge is -2.27. The van der Waals surface area contributed by atoms with E-state index < -0.39 is 0 Å². The molecule has 0 radical (unpaired) electrons. The Morgan fingerprint density at radius 2 is 2.44 bits per heavy atom. The van der Waals surface area contributed by atoms with E-state index >= 15 is 0 Å². The number of aromatic nitrogens is 2. The van der Waals surface area contributed by atoms with Gasteiger partial charge in [0, 0.05) is 44.5 Å². The number of hydrogen-bond acceptors (Lipinski definition) is 3. The van der Waals surface area contributed by atoms with Crippen LogP contribution in [0.15, 0.2) is 12.4 Å². The van der Waals surface area contributed by atoms with Gasteiger partial charge in [0.25, 0.3) is 0 Å². The molecule has 1 aliphatic carbocycles. The zero-order valence-electron chi connectivity index (χ0n) is 10.0. The molecule has 1 aliphatic rings. The van der Waals surface area contributed by atoms with E-state index in [4.69, 9.17) is 5.73 Å². The highest BCUT2D eigenvalue weighted by Gasteiger charge is 2.18. The van der Waals surface area contributed by atoms with Crippen molar-refractivity contribution in [2.45, 2.75) is 44.2 Å². The minimum absolute atomic E-state index is 0.402. The summed E-state index contributed by atoms with van der Waals surface area (Å²) in [7, 11) is 2.04. The molecule has 0 bridgehead atoms. The fourth-order valence-corrected chi connectivity index (χ4v) is 2.44. The molecule has 90 valence electrons. The summed E-state index contributed by atoms with van der Waals surface area (Å²) in [5, 5.41) is 3.58. The number of aryl methyl sites for hydroxylation is 1. The van der Waals surface area contributed by atoms with Crippen LogP contribution >= 0.6 is 0 Å². The summed E-state index contributed by atoms with van der Waals surface area (Å²) < 4.78 is 2.08. The van der Waals surface area contributed by atoms with Crippen molar-refractivity contribution in [3.05, 3.63) is 18.2 Å². The second kappa shape index (κ2) is 5.46. The number of nitrogens with zero attached hydrogens (tertiary/aromatic N) is 2. The molecule has 16 heavy (non-hydrogen) atoms. The van der Waals surface area contributed by atoms with E-state index in [9.17, 15) is 0 Å². The second-order valence-corrected chi connectivity index (χ2v) is 4.78. The van der Waals surface area contributed by atoms with E-state index in [0.29, 0.717) is 12.1 Å². The first kappa shape index (κ1) is 11.6. The summed E-state index contributed by atoms with van der Waals surface area (Å²) in [6.07, 6.45) is 9.70. The standard InChI is InChI=1S/C12H22N4/c1-16-8-7-15-12(16)5-6-14-11-4-2-3-10(13)9-11/h7-8,10-11,14H,2-6,9,13H2,1H3. The van der Waals surface area contributed by atoms with Crippen molar-refractivity contribution >= 4 is 0 Å². The number of imidazole rings is 1. The summed E-state index contributed by atoms with van der Waals surface area (Å²) in [4.78, 5) is 4.31. The summed E-state index contributed by atoms with van der Waals surface area (Å²) in [6.45, 7) is 1.00. The molecule has 1 heterocycles. The zero-order chi connectivity index (χ0) is 11.4. The molecule has 1 aromatic rings. The van der Waals surface area contributed by atoms with Gasteiger partial charge in [0.1, 0.15) is 5.82 Å². The van der Waals surface area contributed by atoms with E-state index in [2.05, 4.69) is 14.9 Å². The average molecular weight is 222 g/mol. The Morgan fingerprint density at radius 3 is 3.12 bits per heavy atom. The zero-order valence-corrected chi connectivity index (χ0v) is 10.0. The molecular formula is C12H22N4. The Bertz CT molecular complexity index is 321. The molecule has 0 saturated heterocycles. The van der Waals surface area contributed by atoms with E-state index in [-0.39, 0.29) is 0 Å². The molecule has 1 aromatic heterocycles. The van der Waals surface area contributed by atoms with Crippen LogP contribution in [0.25, 0.3) is 0 Å². The summed E-state index contributed by atoms with van der Waals surface area (Å²) in [5.41, 5.74) is 5.96. The summed E-state index contributed by atoms with van der Waals surface area (Å²) in [6, 6.07) is 1.02. The minimum atomic E-state index is 0.402. The van der Waals surface area contributed by atoms with E-state index in [1.807, 2.05) is 19.4 Å². The third-order valence-electron chi connectivity index (χ3n) is 3.42. The molecule has 0 aliphatic heterocycles. The Hall–Kier alpha value is -0.870. The van der Waals surface area contributed by atoms with Crippen LogP contribution in [0.1, 0.15) is 31.5 Å². The lowest BCUT2D eigenvalue weighted by Crippen LogP contribution is -2.40. The molecule has 1 saturated carbocycles. The van der Waals surface area contributed by atoms with Crippen LogP contribution in [-0.2, 0) is 13.5 Å². The first-order valence-corrected chi connectivity index (χ1v) is 6.21. The first-order chi connectivity index (χ1) is 7.75. The quantitative estimate of drug-likeness (QED) is 0.793. The van der Waals surface area contributed by atoms with Crippen molar-refractivity contribution in [3.63, 3.8) is 0 Å². The van der Waals surface area contributed by atoms with Crippen molar-refractivity contribution in [3.8, 4) is 0 Å². The maximum atomic E-state index is 5.96. The van der Waals surface area contributed by atoms with Gasteiger partial charge in [0.05, 0.1) is 0 Å². The highest BCUT2D eigenvalue weighted by Crippen LogP contribution is 2.16. The van der Waals surface area contributed by atoms with E-state index in [1.165, 1.54) is 19.3 Å². The Balaban J connectivity index is 1.70. The number of nitrogens with one attached hydrogen (secondary N) is 1. The van der Waals surface area contributed by atoms with Gasteiger partial charge in [-0.2, -0.15) is 0 Å². The molecule has 2 unspecified atom stereocenters. The van der Waals surface area contributed by atoms with Gasteiger partial charge in [-0.15, -0.1) is 0 Å². The summed E-state index contributed by atoms with van der Waals surface area (Å²) in [5.74, 6) is 1.15. The molecule has 4 nitrogen and oxygen atoms in total. The maximum Gasteiger partial charge on any atom is 0.109 e. The van der Waals surface area contributed by atoms with Gasteiger partial charge < -0.3 is 15.6 Å². The normalized spacial score (nSPS) is 25.9. The van der Waals surface area contributed by atoms with Crippen LogP contribution in [0.2, 0.25) is 0 Å². The van der Waals surface area contributed by atoms with Gasteiger partial charge in [0.15, 0.2) is 0 Å². The topological polar surface area (TPSA) is 55.9 Å². The Morgan fingerprint density at radius 1 is 1.56 bits per heavy atom. The molecule has 3 N–H and O–H groups in total. The smallest absolute Gasteiger partial charge is 0.109 e. The van der Waals surface area contributed by atoms with Crippen LogP contribution in [-0.4, -0.2) is 28.2 Å². The van der Waals surface area contributed by atoms with Crippen molar-refractivity contribution in [1.82, 2.24) is 14.9 Å². The van der Waals surface area contributed by atoms with Crippen molar-refractivity contribution in [2.24, 2.45) is 12.8 Å². The summed E-state index contributed by atoms with van der Waals surface area (Å²) >= 11 is 0. The fourth-order valence-electron chi connectivity index (χ4n) is 2.44. The molecular weight excluding hydrogens is 200 g/mol. The minimum Gasteiger partial charge on any atom is -0.338 e. The lowest BCUT2D eigenvalue weighted by molar-refractivity contribution is 0.340. The van der Waals surface area contributed by atoms with Gasteiger partial charge >= 0.3 is 0 Å². The first-order valence-electron chi connectivity index (χ1n) is 6.21. The van der Waals surface area contributed by atoms with Crippen molar-refractivity contribution in [1.29, 1.82) is 0 Å². The predicted octanol–water partition coefficient (Wildman–Crippen LogP) is 0.822. The third-order valence-corrected chi connectivity index (χ3v) is 3.42. The molecule has 0 spiro atoms. The molecule has 0 amide bonds. The fraction of sp³-hybridized carbons (Fsp3) is 0.750. The highest BCUT2D eigenvalue weighted by atomic mass is 15.0. The van der Waals surface area contributed by atoms with Crippen LogP contribution in [0, 0.1) is 0 Å². The Kier molecular flexibility index (Phi) is 3.96. The van der Waals surface area contributed by atoms with Crippen molar-refractivity contribution < 1.29 is 0 Å². The van der Waals surface area contributed by atoms with E-state index in [1.54, 1.807) is 0 Å². The van der Waals surface area contributed by atoms with Gasteiger partial charge in [0.2, 0.25) is 0 Å².